The number of benzene rings is 7. The van der Waals surface area contributed by atoms with Crippen LogP contribution in [0.4, 0.5) is 34.1 Å². The molecule has 7 aromatic carbocycles. The van der Waals surface area contributed by atoms with Crippen LogP contribution < -0.4 is 14.5 Å². The zero-order valence-corrected chi connectivity index (χ0v) is 36.3. The number of rotatable bonds is 8. The van der Waals surface area contributed by atoms with Crippen molar-refractivity contribution in [1.82, 2.24) is 0 Å². The highest BCUT2D eigenvalue weighted by Crippen LogP contribution is 2.53. The van der Waals surface area contributed by atoms with E-state index in [1.54, 1.807) is 0 Å². The molecular formula is C50H43Br2ClN2O. The van der Waals surface area contributed by atoms with Crippen LogP contribution in [0.25, 0.3) is 11.1 Å². The van der Waals surface area contributed by atoms with Gasteiger partial charge in [-0.1, -0.05) is 107 Å². The van der Waals surface area contributed by atoms with Crippen molar-refractivity contribution in [2.24, 2.45) is 0 Å². The Morgan fingerprint density at radius 2 is 1.23 bits per heavy atom. The number of hydrogen-bond acceptors (Lipinski definition) is 3. The standard InChI is InChI=1S/C50H43Br2ClN2O/c1-32-26-46(55(37-19-13-14-34(53)29-37)45-28-33(49(2,3)4)20-25-44(45)51)48(52)47(27-32)56-39-22-24-42-41(31-39)40-23-21-38(30-43(40)50(42,5)6)54(35-15-9-7-10-16-35)36-17-11-8-12-18-36/h7-31H,1-6H3. The van der Waals surface area contributed by atoms with Gasteiger partial charge < -0.3 is 14.5 Å². The van der Waals surface area contributed by atoms with Crippen molar-refractivity contribution in [2.45, 2.75) is 52.4 Å². The fourth-order valence-corrected chi connectivity index (χ4v) is 8.87. The average molecular weight is 883 g/mol. The van der Waals surface area contributed by atoms with Crippen LogP contribution in [0, 0.1) is 6.92 Å². The summed E-state index contributed by atoms with van der Waals surface area (Å²) in [4.78, 5) is 4.56. The maximum Gasteiger partial charge on any atom is 0.144 e. The average Bonchev–Trinajstić information content (AvgIpc) is 3.39. The van der Waals surface area contributed by atoms with E-state index in [0.717, 1.165) is 60.1 Å². The summed E-state index contributed by atoms with van der Waals surface area (Å²) < 4.78 is 8.66. The normalized spacial score (nSPS) is 12.9. The van der Waals surface area contributed by atoms with E-state index in [-0.39, 0.29) is 10.8 Å². The van der Waals surface area contributed by atoms with Gasteiger partial charge in [0.2, 0.25) is 0 Å². The van der Waals surface area contributed by atoms with E-state index in [9.17, 15) is 0 Å². The molecule has 1 aliphatic rings. The van der Waals surface area contributed by atoms with E-state index in [2.05, 4.69) is 217 Å². The predicted octanol–water partition coefficient (Wildman–Crippen LogP) is 16.5. The Bertz CT molecular complexity index is 2540. The SMILES string of the molecule is Cc1cc(Oc2ccc3c(c2)-c2ccc(N(c4ccccc4)c4ccccc4)cc2C3(C)C)c(Br)c(N(c2cccc(Cl)c2)c2cc(C(C)(C)C)ccc2Br)c1. The summed E-state index contributed by atoms with van der Waals surface area (Å²) in [6, 6.07) is 53.3. The molecule has 8 rings (SSSR count). The lowest BCUT2D eigenvalue weighted by Gasteiger charge is -2.30. The minimum absolute atomic E-state index is 0.0426. The predicted molar refractivity (Wildman–Crippen MR) is 244 cm³/mol. The zero-order valence-electron chi connectivity index (χ0n) is 32.4. The third-order valence-corrected chi connectivity index (χ3v) is 12.4. The molecule has 1 aliphatic carbocycles. The van der Waals surface area contributed by atoms with E-state index in [0.29, 0.717) is 5.02 Å². The largest absolute Gasteiger partial charge is 0.456 e. The van der Waals surface area contributed by atoms with Gasteiger partial charge >= 0.3 is 0 Å². The van der Waals surface area contributed by atoms with Gasteiger partial charge in [0, 0.05) is 37.7 Å². The molecule has 56 heavy (non-hydrogen) atoms. The Balaban J connectivity index is 1.19. The number of halogens is 3. The topological polar surface area (TPSA) is 15.7 Å². The molecule has 0 bridgehead atoms. The third kappa shape index (κ3) is 7.17. The molecule has 280 valence electrons. The van der Waals surface area contributed by atoms with Crippen molar-refractivity contribution in [3.8, 4) is 22.6 Å². The third-order valence-electron chi connectivity index (χ3n) is 10.7. The first-order chi connectivity index (χ1) is 26.8. The summed E-state index contributed by atoms with van der Waals surface area (Å²) in [7, 11) is 0. The van der Waals surface area contributed by atoms with Gasteiger partial charge in [0.05, 0.1) is 15.8 Å². The van der Waals surface area contributed by atoms with Crippen LogP contribution in [0.1, 0.15) is 56.9 Å². The van der Waals surface area contributed by atoms with Crippen LogP contribution in [-0.4, -0.2) is 0 Å². The molecule has 0 saturated heterocycles. The molecule has 0 atom stereocenters. The number of anilines is 6. The first kappa shape index (κ1) is 38.1. The summed E-state index contributed by atoms with van der Waals surface area (Å²) in [6.45, 7) is 13.4. The summed E-state index contributed by atoms with van der Waals surface area (Å²) in [5.41, 5.74) is 13.3. The number of aryl methyl sites for hydroxylation is 1. The molecular weight excluding hydrogens is 840 g/mol. The quantitative estimate of drug-likeness (QED) is 0.151. The van der Waals surface area contributed by atoms with Crippen LogP contribution >= 0.6 is 43.5 Å². The zero-order chi connectivity index (χ0) is 39.4. The summed E-state index contributed by atoms with van der Waals surface area (Å²) in [5, 5.41) is 0.664. The fourth-order valence-electron chi connectivity index (χ4n) is 7.78. The van der Waals surface area contributed by atoms with Crippen molar-refractivity contribution in [2.75, 3.05) is 9.80 Å². The molecule has 0 heterocycles. The molecule has 0 fully saturated rings. The van der Waals surface area contributed by atoms with E-state index in [4.69, 9.17) is 16.3 Å². The van der Waals surface area contributed by atoms with Gasteiger partial charge in [0.15, 0.2) is 0 Å². The molecule has 0 saturated carbocycles. The smallest absolute Gasteiger partial charge is 0.144 e. The Labute approximate surface area is 352 Å². The molecule has 0 N–H and O–H groups in total. The summed E-state index contributed by atoms with van der Waals surface area (Å²) >= 11 is 14.5. The van der Waals surface area contributed by atoms with Gasteiger partial charge in [0.25, 0.3) is 0 Å². The monoisotopic (exact) mass is 880 g/mol. The highest BCUT2D eigenvalue weighted by Gasteiger charge is 2.36. The Kier molecular flexibility index (Phi) is 10.2. The molecule has 0 spiro atoms. The van der Waals surface area contributed by atoms with Crippen molar-refractivity contribution in [3.63, 3.8) is 0 Å². The van der Waals surface area contributed by atoms with Crippen LogP contribution in [-0.2, 0) is 10.8 Å². The molecule has 0 aromatic heterocycles. The highest BCUT2D eigenvalue weighted by molar-refractivity contribution is 9.11. The van der Waals surface area contributed by atoms with Gasteiger partial charge in [-0.2, -0.15) is 0 Å². The molecule has 0 unspecified atom stereocenters. The van der Waals surface area contributed by atoms with E-state index in [1.165, 1.54) is 27.8 Å². The van der Waals surface area contributed by atoms with Gasteiger partial charge in [-0.05, 0) is 169 Å². The van der Waals surface area contributed by atoms with Crippen LogP contribution in [0.15, 0.2) is 161 Å². The molecule has 0 amide bonds. The lowest BCUT2D eigenvalue weighted by atomic mass is 9.82. The van der Waals surface area contributed by atoms with E-state index < -0.39 is 0 Å². The molecule has 0 radical (unpaired) electrons. The second-order valence-electron chi connectivity index (χ2n) is 16.0. The van der Waals surface area contributed by atoms with Crippen molar-refractivity contribution >= 4 is 77.6 Å². The molecule has 3 nitrogen and oxygen atoms in total. The summed E-state index contributed by atoms with van der Waals surface area (Å²) in [5.74, 6) is 1.50. The number of fused-ring (bicyclic) bond motifs is 3. The molecule has 0 aliphatic heterocycles. The van der Waals surface area contributed by atoms with Gasteiger partial charge in [0.1, 0.15) is 11.5 Å². The maximum absolute atomic E-state index is 6.85. The van der Waals surface area contributed by atoms with Crippen LogP contribution in [0.5, 0.6) is 11.5 Å². The number of ether oxygens (including phenoxy) is 1. The Hall–Kier alpha value is -4.81. The number of hydrogen-bond donors (Lipinski definition) is 0. The van der Waals surface area contributed by atoms with Crippen LogP contribution in [0.2, 0.25) is 5.02 Å². The minimum Gasteiger partial charge on any atom is -0.456 e. The van der Waals surface area contributed by atoms with Crippen LogP contribution in [0.3, 0.4) is 0 Å². The van der Waals surface area contributed by atoms with Crippen molar-refractivity contribution in [3.05, 3.63) is 188 Å². The second-order valence-corrected chi connectivity index (χ2v) is 18.1. The highest BCUT2D eigenvalue weighted by atomic mass is 79.9. The van der Waals surface area contributed by atoms with Gasteiger partial charge in [-0.15, -0.1) is 0 Å². The van der Waals surface area contributed by atoms with Gasteiger partial charge in [-0.3, -0.25) is 0 Å². The van der Waals surface area contributed by atoms with E-state index >= 15 is 0 Å². The van der Waals surface area contributed by atoms with E-state index in [1.807, 2.05) is 18.2 Å². The second kappa shape index (κ2) is 14.9. The fraction of sp³-hybridized carbons (Fsp3) is 0.160. The number of nitrogens with zero attached hydrogens (tertiary/aromatic N) is 2. The number of para-hydroxylation sites is 2. The first-order valence-corrected chi connectivity index (χ1v) is 20.8. The molecule has 6 heteroatoms. The molecule has 7 aromatic rings. The maximum atomic E-state index is 6.85. The lowest BCUT2D eigenvalue weighted by Crippen LogP contribution is -2.16. The lowest BCUT2D eigenvalue weighted by molar-refractivity contribution is 0.479. The van der Waals surface area contributed by atoms with Crippen molar-refractivity contribution in [1.29, 1.82) is 0 Å². The Morgan fingerprint density at radius 1 is 0.571 bits per heavy atom. The minimum atomic E-state index is -0.207. The van der Waals surface area contributed by atoms with Gasteiger partial charge in [-0.25, -0.2) is 0 Å². The Morgan fingerprint density at radius 3 is 1.89 bits per heavy atom. The first-order valence-electron chi connectivity index (χ1n) is 18.8. The summed E-state index contributed by atoms with van der Waals surface area (Å²) in [6.07, 6.45) is 0. The van der Waals surface area contributed by atoms with Crippen molar-refractivity contribution < 1.29 is 4.74 Å².